The minimum Gasteiger partial charge on any atom is -0.367 e. The lowest BCUT2D eigenvalue weighted by molar-refractivity contribution is -0.120. The Labute approximate surface area is 77.3 Å². The number of rotatable bonds is 0. The molecule has 1 saturated heterocycles. The third-order valence-corrected chi connectivity index (χ3v) is 4.41. The standard InChI is InChI=1S/C10H13NO2/c1-5-6-2-7-8(5)13-9(12)10(7,3-6)4-11/h5-9,12H,2-3H2,1H3. The molecule has 3 fully saturated rings. The Kier molecular flexibility index (Phi) is 1.24. The Hall–Kier alpha value is -0.590. The minimum atomic E-state index is -0.831. The van der Waals surface area contributed by atoms with Crippen molar-refractivity contribution >= 4 is 0 Å². The first-order chi connectivity index (χ1) is 6.19. The zero-order chi connectivity index (χ0) is 9.22. The van der Waals surface area contributed by atoms with Gasteiger partial charge in [-0.1, -0.05) is 6.92 Å². The van der Waals surface area contributed by atoms with Crippen molar-refractivity contribution in [1.29, 1.82) is 5.26 Å². The number of hydrogen-bond donors (Lipinski definition) is 1. The monoisotopic (exact) mass is 179 g/mol. The van der Waals surface area contributed by atoms with Crippen molar-refractivity contribution in [1.82, 2.24) is 0 Å². The second-order valence-electron chi connectivity index (χ2n) is 4.77. The van der Waals surface area contributed by atoms with E-state index in [4.69, 9.17) is 10.00 Å². The number of nitriles is 1. The lowest BCUT2D eigenvalue weighted by Gasteiger charge is -2.28. The molecule has 2 bridgehead atoms. The van der Waals surface area contributed by atoms with Crippen LogP contribution in [-0.2, 0) is 4.74 Å². The average molecular weight is 179 g/mol. The van der Waals surface area contributed by atoms with Gasteiger partial charge < -0.3 is 9.84 Å². The fraction of sp³-hybridized carbons (Fsp3) is 0.900. The number of nitrogens with zero attached hydrogens (tertiary/aromatic N) is 1. The molecule has 2 saturated carbocycles. The molecule has 3 heteroatoms. The number of fused-ring (bicyclic) bond motifs is 1. The Morgan fingerprint density at radius 1 is 1.62 bits per heavy atom. The first-order valence-corrected chi connectivity index (χ1v) is 4.94. The normalized spacial score (nSPS) is 62.7. The van der Waals surface area contributed by atoms with Crippen molar-refractivity contribution in [3.05, 3.63) is 0 Å². The SMILES string of the molecule is CC1C2CC3C1OC(O)C3(C#N)C2. The van der Waals surface area contributed by atoms with Crippen LogP contribution >= 0.6 is 0 Å². The van der Waals surface area contributed by atoms with Gasteiger partial charge >= 0.3 is 0 Å². The van der Waals surface area contributed by atoms with Crippen LogP contribution in [-0.4, -0.2) is 17.5 Å². The first kappa shape index (κ1) is 7.78. The first-order valence-electron chi connectivity index (χ1n) is 4.94. The second-order valence-corrected chi connectivity index (χ2v) is 4.77. The topological polar surface area (TPSA) is 53.2 Å². The molecule has 0 amide bonds. The minimum absolute atomic E-state index is 0.147. The predicted octanol–water partition coefficient (Wildman–Crippen LogP) is 0.889. The van der Waals surface area contributed by atoms with Crippen LogP contribution in [0.25, 0.3) is 0 Å². The number of ether oxygens (including phenoxy) is 1. The molecular weight excluding hydrogens is 166 g/mol. The quantitative estimate of drug-likeness (QED) is 0.600. The highest BCUT2D eigenvalue weighted by Crippen LogP contribution is 2.64. The zero-order valence-electron chi connectivity index (χ0n) is 7.60. The summed E-state index contributed by atoms with van der Waals surface area (Å²) in [6, 6.07) is 2.30. The van der Waals surface area contributed by atoms with E-state index in [0.717, 1.165) is 12.8 Å². The van der Waals surface area contributed by atoms with Gasteiger partial charge in [0.2, 0.25) is 0 Å². The van der Waals surface area contributed by atoms with Crippen LogP contribution in [0.4, 0.5) is 0 Å². The molecule has 70 valence electrons. The highest BCUT2D eigenvalue weighted by atomic mass is 16.6. The van der Waals surface area contributed by atoms with Crippen LogP contribution in [0.5, 0.6) is 0 Å². The smallest absolute Gasteiger partial charge is 0.174 e. The summed E-state index contributed by atoms with van der Waals surface area (Å²) in [5.41, 5.74) is -0.554. The largest absolute Gasteiger partial charge is 0.367 e. The zero-order valence-corrected chi connectivity index (χ0v) is 7.60. The number of aliphatic hydroxyl groups is 1. The summed E-state index contributed by atoms with van der Waals surface area (Å²) in [7, 11) is 0. The van der Waals surface area contributed by atoms with Crippen LogP contribution < -0.4 is 0 Å². The summed E-state index contributed by atoms with van der Waals surface area (Å²) in [5.74, 6) is 1.43. The van der Waals surface area contributed by atoms with Gasteiger partial charge in [-0.3, -0.25) is 0 Å². The van der Waals surface area contributed by atoms with Gasteiger partial charge in [-0.2, -0.15) is 5.26 Å². The Morgan fingerprint density at radius 3 is 3.00 bits per heavy atom. The summed E-state index contributed by atoms with van der Waals surface area (Å²) in [6.45, 7) is 2.18. The van der Waals surface area contributed by atoms with Crippen LogP contribution in [0, 0.1) is 34.5 Å². The summed E-state index contributed by atoms with van der Waals surface area (Å²) in [4.78, 5) is 0. The van der Waals surface area contributed by atoms with E-state index in [1.807, 2.05) is 0 Å². The third-order valence-electron chi connectivity index (χ3n) is 4.41. The van der Waals surface area contributed by atoms with E-state index in [2.05, 4.69) is 13.0 Å². The molecule has 0 aromatic heterocycles. The van der Waals surface area contributed by atoms with Crippen LogP contribution in [0.1, 0.15) is 19.8 Å². The molecule has 1 N–H and O–H groups in total. The maximum atomic E-state index is 9.72. The molecule has 0 radical (unpaired) electrons. The summed E-state index contributed by atoms with van der Waals surface area (Å²) < 4.78 is 5.48. The van der Waals surface area contributed by atoms with E-state index in [1.54, 1.807) is 0 Å². The summed E-state index contributed by atoms with van der Waals surface area (Å²) >= 11 is 0. The molecule has 0 aromatic rings. The number of aliphatic hydroxyl groups excluding tert-OH is 1. The van der Waals surface area contributed by atoms with Gasteiger partial charge in [-0.15, -0.1) is 0 Å². The molecule has 1 aliphatic heterocycles. The molecule has 0 spiro atoms. The lowest BCUT2D eigenvalue weighted by Crippen LogP contribution is -2.34. The lowest BCUT2D eigenvalue weighted by atomic mass is 9.72. The third kappa shape index (κ3) is 0.651. The molecular formula is C10H13NO2. The molecule has 3 aliphatic rings. The van der Waals surface area contributed by atoms with Crippen LogP contribution in [0.2, 0.25) is 0 Å². The molecule has 6 unspecified atom stereocenters. The van der Waals surface area contributed by atoms with Crippen molar-refractivity contribution in [2.24, 2.45) is 23.2 Å². The molecule has 3 rings (SSSR count). The van der Waals surface area contributed by atoms with E-state index in [1.165, 1.54) is 0 Å². The molecule has 13 heavy (non-hydrogen) atoms. The van der Waals surface area contributed by atoms with E-state index >= 15 is 0 Å². The summed E-state index contributed by atoms with van der Waals surface area (Å²) in [6.07, 6.45) is 1.24. The maximum Gasteiger partial charge on any atom is 0.174 e. The van der Waals surface area contributed by atoms with Crippen molar-refractivity contribution in [2.45, 2.75) is 32.2 Å². The Bertz CT molecular complexity index is 298. The van der Waals surface area contributed by atoms with Crippen molar-refractivity contribution < 1.29 is 9.84 Å². The maximum absolute atomic E-state index is 9.72. The Morgan fingerprint density at radius 2 is 2.38 bits per heavy atom. The molecule has 6 atom stereocenters. The highest BCUT2D eigenvalue weighted by molar-refractivity contribution is 5.20. The Balaban J connectivity index is 2.07. The fourth-order valence-corrected chi connectivity index (χ4v) is 3.62. The fourth-order valence-electron chi connectivity index (χ4n) is 3.62. The van der Waals surface area contributed by atoms with Crippen molar-refractivity contribution in [2.75, 3.05) is 0 Å². The van der Waals surface area contributed by atoms with E-state index in [9.17, 15) is 5.11 Å². The molecule has 1 heterocycles. The number of hydrogen-bond acceptors (Lipinski definition) is 3. The van der Waals surface area contributed by atoms with Gasteiger partial charge in [0.05, 0.1) is 12.2 Å². The van der Waals surface area contributed by atoms with E-state index in [-0.39, 0.29) is 6.10 Å². The molecule has 3 nitrogen and oxygen atoms in total. The van der Waals surface area contributed by atoms with Gasteiger partial charge in [0, 0.05) is 5.92 Å². The highest BCUT2D eigenvalue weighted by Gasteiger charge is 2.68. The predicted molar refractivity (Wildman–Crippen MR) is 44.3 cm³/mol. The van der Waals surface area contributed by atoms with Gasteiger partial charge in [-0.05, 0) is 24.7 Å². The molecule has 0 aromatic carbocycles. The van der Waals surface area contributed by atoms with Crippen LogP contribution in [0.15, 0.2) is 0 Å². The van der Waals surface area contributed by atoms with Crippen molar-refractivity contribution in [3.8, 4) is 6.07 Å². The van der Waals surface area contributed by atoms with E-state index < -0.39 is 11.7 Å². The van der Waals surface area contributed by atoms with Gasteiger partial charge in [-0.25, -0.2) is 0 Å². The van der Waals surface area contributed by atoms with Crippen molar-refractivity contribution in [3.63, 3.8) is 0 Å². The van der Waals surface area contributed by atoms with Gasteiger partial charge in [0.15, 0.2) is 6.29 Å². The average Bonchev–Trinajstić information content (AvgIpc) is 2.68. The van der Waals surface area contributed by atoms with Gasteiger partial charge in [0.25, 0.3) is 0 Å². The van der Waals surface area contributed by atoms with E-state index in [0.29, 0.717) is 17.8 Å². The summed E-state index contributed by atoms with van der Waals surface area (Å²) in [5, 5.41) is 18.9. The molecule has 2 aliphatic carbocycles. The van der Waals surface area contributed by atoms with Gasteiger partial charge in [0.1, 0.15) is 5.41 Å². The van der Waals surface area contributed by atoms with Crippen LogP contribution in [0.3, 0.4) is 0 Å². The second kappa shape index (κ2) is 2.08.